The molecule has 0 fully saturated rings. The van der Waals surface area contributed by atoms with Gasteiger partial charge in [0.25, 0.3) is 0 Å². The molecular weight excluding hydrogens is 344 g/mol. The van der Waals surface area contributed by atoms with Crippen LogP contribution in [0.15, 0.2) is 29.6 Å². The number of benzene rings is 1. The van der Waals surface area contributed by atoms with Crippen molar-refractivity contribution in [3.63, 3.8) is 0 Å². The first-order valence-corrected chi connectivity index (χ1v) is 9.66. The number of aromatic nitrogens is 2. The third-order valence-corrected chi connectivity index (χ3v) is 5.42. The number of primary amides is 1. The van der Waals surface area contributed by atoms with Gasteiger partial charge >= 0.3 is 0 Å². The molecule has 0 radical (unpaired) electrons. The third kappa shape index (κ3) is 3.81. The summed E-state index contributed by atoms with van der Waals surface area (Å²) in [5, 5.41) is 7.89. The highest BCUT2D eigenvalue weighted by Crippen LogP contribution is 2.26. The van der Waals surface area contributed by atoms with Crippen LogP contribution in [-0.2, 0) is 29.8 Å². The lowest BCUT2D eigenvalue weighted by molar-refractivity contribution is -0.118. The van der Waals surface area contributed by atoms with Crippen molar-refractivity contribution >= 4 is 28.1 Å². The number of nitrogens with two attached hydrogens (primary N) is 1. The van der Waals surface area contributed by atoms with Crippen molar-refractivity contribution in [3.8, 4) is 0 Å². The van der Waals surface area contributed by atoms with Crippen molar-refractivity contribution in [2.75, 3.05) is 0 Å². The summed E-state index contributed by atoms with van der Waals surface area (Å²) in [6, 6.07) is 8.14. The topological polar surface area (TPSA) is 72.9 Å². The Labute approximate surface area is 158 Å². The normalized spacial score (nSPS) is 12.0. The maximum Gasteiger partial charge on any atom is 0.237 e. The minimum absolute atomic E-state index is 0.0769. The first-order valence-electron chi connectivity index (χ1n) is 8.78. The number of carbonyl (C=O) groups excluding carboxylic acids is 1. The van der Waals surface area contributed by atoms with Crippen molar-refractivity contribution in [2.45, 2.75) is 52.7 Å². The van der Waals surface area contributed by atoms with E-state index in [0.29, 0.717) is 0 Å². The first-order chi connectivity index (χ1) is 12.3. The maximum absolute atomic E-state index is 11.4. The molecule has 3 aromatic rings. The second kappa shape index (κ2) is 7.21. The second-order valence-corrected chi connectivity index (χ2v) is 8.56. The van der Waals surface area contributed by atoms with Crippen molar-refractivity contribution in [1.82, 2.24) is 14.9 Å². The van der Waals surface area contributed by atoms with E-state index < -0.39 is 0 Å². The lowest BCUT2D eigenvalue weighted by Gasteiger charge is -2.14. The minimum atomic E-state index is -0.328. The number of rotatable bonds is 6. The van der Waals surface area contributed by atoms with Crippen LogP contribution >= 0.6 is 11.3 Å². The zero-order chi connectivity index (χ0) is 18.9. The molecule has 3 N–H and O–H groups in total. The molecule has 0 saturated carbocycles. The number of carbonyl (C=O) groups is 1. The summed E-state index contributed by atoms with van der Waals surface area (Å²) in [7, 11) is 0. The summed E-state index contributed by atoms with van der Waals surface area (Å²) in [6.45, 7) is 10.2. The summed E-state index contributed by atoms with van der Waals surface area (Å²) in [5.41, 5.74) is 9.96. The van der Waals surface area contributed by atoms with E-state index in [0.717, 1.165) is 40.4 Å². The van der Waals surface area contributed by atoms with Crippen LogP contribution in [0.2, 0.25) is 0 Å². The molecule has 0 saturated heterocycles. The molecular formula is C20H26N4OS. The van der Waals surface area contributed by atoms with E-state index in [1.165, 1.54) is 5.56 Å². The molecule has 6 heteroatoms. The number of nitrogens with zero attached hydrogens (tertiary/aromatic N) is 2. The summed E-state index contributed by atoms with van der Waals surface area (Å²) >= 11 is 1.69. The average Bonchev–Trinajstić information content (AvgIpc) is 3.13. The number of thiazole rings is 1. The molecule has 2 aromatic heterocycles. The van der Waals surface area contributed by atoms with Crippen LogP contribution in [-0.4, -0.2) is 15.5 Å². The van der Waals surface area contributed by atoms with Gasteiger partial charge in [-0.1, -0.05) is 39.0 Å². The van der Waals surface area contributed by atoms with Gasteiger partial charge in [0.1, 0.15) is 11.6 Å². The van der Waals surface area contributed by atoms with Crippen LogP contribution in [0.25, 0.3) is 10.9 Å². The Balaban J connectivity index is 1.78. The summed E-state index contributed by atoms with van der Waals surface area (Å²) in [6.07, 6.45) is 0. The SMILES string of the molecule is Cc1c(CNCc2nc(C(C)(C)C)cs2)c2ccccc2n1CC(N)=O. The number of hydrogen-bond donors (Lipinski definition) is 2. The first kappa shape index (κ1) is 18.6. The van der Waals surface area contributed by atoms with E-state index in [4.69, 9.17) is 10.7 Å². The van der Waals surface area contributed by atoms with E-state index in [1.807, 2.05) is 29.7 Å². The molecule has 26 heavy (non-hydrogen) atoms. The van der Waals surface area contributed by atoms with Crippen molar-refractivity contribution in [3.05, 3.63) is 51.6 Å². The number of para-hydroxylation sites is 1. The molecule has 1 aromatic carbocycles. The van der Waals surface area contributed by atoms with Gasteiger partial charge in [0.2, 0.25) is 5.91 Å². The van der Waals surface area contributed by atoms with Gasteiger partial charge in [-0.25, -0.2) is 4.98 Å². The Morgan fingerprint density at radius 1 is 1.27 bits per heavy atom. The van der Waals surface area contributed by atoms with Gasteiger partial charge in [-0.2, -0.15) is 0 Å². The van der Waals surface area contributed by atoms with Gasteiger partial charge in [0.05, 0.1) is 5.69 Å². The quantitative estimate of drug-likeness (QED) is 0.698. The predicted octanol–water partition coefficient (Wildman–Crippen LogP) is 3.48. The predicted molar refractivity (Wildman–Crippen MR) is 107 cm³/mol. The van der Waals surface area contributed by atoms with Gasteiger partial charge in [-0.3, -0.25) is 4.79 Å². The molecule has 0 bridgehead atoms. The zero-order valence-corrected chi connectivity index (χ0v) is 16.6. The van der Waals surface area contributed by atoms with Crippen LogP contribution in [0.5, 0.6) is 0 Å². The van der Waals surface area contributed by atoms with Gasteiger partial charge in [-0.15, -0.1) is 11.3 Å². The Kier molecular flexibility index (Phi) is 5.16. The summed E-state index contributed by atoms with van der Waals surface area (Å²) < 4.78 is 2.00. The molecule has 0 spiro atoms. The molecule has 0 atom stereocenters. The lowest BCUT2D eigenvalue weighted by atomic mass is 9.93. The Bertz CT molecular complexity index is 933. The lowest BCUT2D eigenvalue weighted by Crippen LogP contribution is -2.20. The van der Waals surface area contributed by atoms with Crippen LogP contribution in [0.3, 0.4) is 0 Å². The fourth-order valence-corrected chi connectivity index (χ4v) is 4.11. The Morgan fingerprint density at radius 3 is 2.65 bits per heavy atom. The van der Waals surface area contributed by atoms with E-state index >= 15 is 0 Å². The number of hydrogen-bond acceptors (Lipinski definition) is 4. The Morgan fingerprint density at radius 2 is 2.00 bits per heavy atom. The fraction of sp³-hybridized carbons (Fsp3) is 0.400. The zero-order valence-electron chi connectivity index (χ0n) is 15.8. The number of nitrogens with one attached hydrogen (secondary N) is 1. The Hall–Kier alpha value is -2.18. The van der Waals surface area contributed by atoms with Crippen LogP contribution in [0.1, 0.15) is 42.7 Å². The highest BCUT2D eigenvalue weighted by atomic mass is 32.1. The monoisotopic (exact) mass is 370 g/mol. The molecule has 5 nitrogen and oxygen atoms in total. The van der Waals surface area contributed by atoms with Crippen LogP contribution in [0.4, 0.5) is 0 Å². The molecule has 138 valence electrons. The minimum Gasteiger partial charge on any atom is -0.368 e. The summed E-state index contributed by atoms with van der Waals surface area (Å²) in [5.74, 6) is -0.328. The average molecular weight is 371 g/mol. The molecule has 3 rings (SSSR count). The molecule has 1 amide bonds. The van der Waals surface area contributed by atoms with Crippen molar-refractivity contribution in [1.29, 1.82) is 0 Å². The molecule has 0 aliphatic carbocycles. The van der Waals surface area contributed by atoms with E-state index in [9.17, 15) is 4.79 Å². The van der Waals surface area contributed by atoms with Gasteiger partial charge in [0, 0.05) is 40.5 Å². The highest BCUT2D eigenvalue weighted by Gasteiger charge is 2.18. The molecule has 2 heterocycles. The smallest absolute Gasteiger partial charge is 0.237 e. The second-order valence-electron chi connectivity index (χ2n) is 7.61. The van der Waals surface area contributed by atoms with E-state index in [1.54, 1.807) is 11.3 Å². The maximum atomic E-state index is 11.4. The third-order valence-electron chi connectivity index (χ3n) is 4.57. The van der Waals surface area contributed by atoms with Gasteiger partial charge in [-0.05, 0) is 18.6 Å². The summed E-state index contributed by atoms with van der Waals surface area (Å²) in [4.78, 5) is 16.2. The van der Waals surface area contributed by atoms with Crippen LogP contribution < -0.4 is 11.1 Å². The standard InChI is InChI=1S/C20H26N4OS/c1-13-15(9-22-10-19-23-17(12-26-19)20(2,3)4)14-7-5-6-8-16(14)24(13)11-18(21)25/h5-8,12,22H,9-11H2,1-4H3,(H2,21,25). The van der Waals surface area contributed by atoms with Crippen LogP contribution in [0, 0.1) is 6.92 Å². The van der Waals surface area contributed by atoms with Gasteiger partial charge < -0.3 is 15.6 Å². The van der Waals surface area contributed by atoms with Gasteiger partial charge in [0.15, 0.2) is 0 Å². The number of amides is 1. The fourth-order valence-electron chi connectivity index (χ4n) is 3.12. The largest absolute Gasteiger partial charge is 0.368 e. The number of fused-ring (bicyclic) bond motifs is 1. The molecule has 0 aliphatic heterocycles. The van der Waals surface area contributed by atoms with Crippen molar-refractivity contribution in [2.24, 2.45) is 5.73 Å². The van der Waals surface area contributed by atoms with E-state index in [2.05, 4.69) is 37.5 Å². The molecule has 0 unspecified atom stereocenters. The highest BCUT2D eigenvalue weighted by molar-refractivity contribution is 7.09. The van der Waals surface area contributed by atoms with E-state index in [-0.39, 0.29) is 17.9 Å². The molecule has 0 aliphatic rings. The van der Waals surface area contributed by atoms with Crippen molar-refractivity contribution < 1.29 is 4.79 Å².